The monoisotopic (exact) mass is 318 g/mol. The summed E-state index contributed by atoms with van der Waals surface area (Å²) < 4.78 is 0. The highest BCUT2D eigenvalue weighted by Crippen LogP contribution is 2.25. The summed E-state index contributed by atoms with van der Waals surface area (Å²) in [5, 5.41) is 13.3. The SMILES string of the molecule is CC(=O)N(C)CC(=O)NCC(O)c1ccc(Cl)cc1Cl. The van der Waals surface area contributed by atoms with Gasteiger partial charge in [-0.3, -0.25) is 9.59 Å². The summed E-state index contributed by atoms with van der Waals surface area (Å²) in [6, 6.07) is 4.73. The fraction of sp³-hybridized carbons (Fsp3) is 0.385. The van der Waals surface area contributed by atoms with E-state index in [0.717, 1.165) is 0 Å². The highest BCUT2D eigenvalue weighted by atomic mass is 35.5. The van der Waals surface area contributed by atoms with Crippen LogP contribution in [0.4, 0.5) is 0 Å². The smallest absolute Gasteiger partial charge is 0.239 e. The molecule has 0 saturated carbocycles. The Morgan fingerprint density at radius 1 is 1.40 bits per heavy atom. The number of halogens is 2. The van der Waals surface area contributed by atoms with Gasteiger partial charge in [0.05, 0.1) is 12.6 Å². The van der Waals surface area contributed by atoms with Gasteiger partial charge in [-0.05, 0) is 12.1 Å². The Hall–Kier alpha value is -1.30. The Morgan fingerprint density at radius 2 is 2.05 bits per heavy atom. The second-order valence-corrected chi connectivity index (χ2v) is 5.20. The molecule has 7 heteroatoms. The second-order valence-electron chi connectivity index (χ2n) is 4.36. The molecule has 2 amide bonds. The van der Waals surface area contributed by atoms with Crippen molar-refractivity contribution in [2.24, 2.45) is 0 Å². The molecule has 2 N–H and O–H groups in total. The van der Waals surface area contributed by atoms with E-state index in [1.807, 2.05) is 0 Å². The highest BCUT2D eigenvalue weighted by molar-refractivity contribution is 6.35. The molecule has 0 heterocycles. The molecule has 1 unspecified atom stereocenters. The number of benzene rings is 1. The predicted molar refractivity (Wildman–Crippen MR) is 77.7 cm³/mol. The molecule has 0 aliphatic rings. The van der Waals surface area contributed by atoms with E-state index in [0.29, 0.717) is 15.6 Å². The van der Waals surface area contributed by atoms with Gasteiger partial charge in [0.2, 0.25) is 11.8 Å². The standard InChI is InChI=1S/C13H16Cl2N2O3/c1-8(18)17(2)7-13(20)16-6-12(19)10-4-3-9(14)5-11(10)15/h3-5,12,19H,6-7H2,1-2H3,(H,16,20). The van der Waals surface area contributed by atoms with E-state index in [2.05, 4.69) is 5.32 Å². The first-order chi connectivity index (χ1) is 9.31. The first-order valence-corrected chi connectivity index (χ1v) is 6.68. The van der Waals surface area contributed by atoms with Gasteiger partial charge in [0, 0.05) is 36.1 Å². The van der Waals surface area contributed by atoms with Gasteiger partial charge in [-0.2, -0.15) is 0 Å². The van der Waals surface area contributed by atoms with Crippen molar-refractivity contribution in [1.82, 2.24) is 10.2 Å². The molecule has 0 spiro atoms. The largest absolute Gasteiger partial charge is 0.387 e. The fourth-order valence-corrected chi connectivity index (χ4v) is 2.01. The number of carbonyl (C=O) groups is 2. The summed E-state index contributed by atoms with van der Waals surface area (Å²) in [6.07, 6.45) is -0.939. The minimum atomic E-state index is -0.939. The number of likely N-dealkylation sites (N-methyl/N-ethyl adjacent to an activating group) is 1. The molecule has 0 bridgehead atoms. The van der Waals surface area contributed by atoms with E-state index < -0.39 is 6.10 Å². The highest BCUT2D eigenvalue weighted by Gasteiger charge is 2.14. The maximum Gasteiger partial charge on any atom is 0.239 e. The molecule has 0 saturated heterocycles. The quantitative estimate of drug-likeness (QED) is 0.866. The van der Waals surface area contributed by atoms with E-state index in [9.17, 15) is 14.7 Å². The van der Waals surface area contributed by atoms with Crippen molar-refractivity contribution in [3.05, 3.63) is 33.8 Å². The van der Waals surface area contributed by atoms with Gasteiger partial charge < -0.3 is 15.3 Å². The van der Waals surface area contributed by atoms with Crippen LogP contribution in [-0.4, -0.2) is 42.0 Å². The first-order valence-electron chi connectivity index (χ1n) is 5.92. The van der Waals surface area contributed by atoms with Crippen LogP contribution in [0.1, 0.15) is 18.6 Å². The Labute approximate surface area is 127 Å². The van der Waals surface area contributed by atoms with E-state index in [-0.39, 0.29) is 24.9 Å². The molecular weight excluding hydrogens is 303 g/mol. The maximum absolute atomic E-state index is 11.6. The number of hydrogen-bond acceptors (Lipinski definition) is 3. The van der Waals surface area contributed by atoms with Crippen LogP contribution in [0.5, 0.6) is 0 Å². The summed E-state index contributed by atoms with van der Waals surface area (Å²) in [7, 11) is 1.52. The summed E-state index contributed by atoms with van der Waals surface area (Å²) in [6.45, 7) is 1.32. The molecule has 0 aliphatic carbocycles. The summed E-state index contributed by atoms with van der Waals surface area (Å²) in [5.41, 5.74) is 0.483. The van der Waals surface area contributed by atoms with E-state index in [1.54, 1.807) is 12.1 Å². The lowest BCUT2D eigenvalue weighted by Gasteiger charge is -2.17. The molecule has 0 aliphatic heterocycles. The molecule has 1 rings (SSSR count). The zero-order valence-electron chi connectivity index (χ0n) is 11.2. The third kappa shape index (κ3) is 5.00. The molecule has 0 radical (unpaired) electrons. The molecular formula is C13H16Cl2N2O3. The van der Waals surface area contributed by atoms with Gasteiger partial charge in [0.15, 0.2) is 0 Å². The Bertz CT molecular complexity index is 508. The Morgan fingerprint density at radius 3 is 2.60 bits per heavy atom. The lowest BCUT2D eigenvalue weighted by atomic mass is 10.1. The molecule has 0 fully saturated rings. The average molecular weight is 319 g/mol. The van der Waals surface area contributed by atoms with Crippen LogP contribution >= 0.6 is 23.2 Å². The number of nitrogens with zero attached hydrogens (tertiary/aromatic N) is 1. The third-order valence-corrected chi connectivity index (χ3v) is 3.29. The Balaban J connectivity index is 2.52. The number of aliphatic hydroxyl groups is 1. The van der Waals surface area contributed by atoms with Gasteiger partial charge in [-0.15, -0.1) is 0 Å². The zero-order valence-corrected chi connectivity index (χ0v) is 12.7. The van der Waals surface area contributed by atoms with Crippen molar-refractivity contribution in [3.63, 3.8) is 0 Å². The molecule has 20 heavy (non-hydrogen) atoms. The van der Waals surface area contributed by atoms with Crippen molar-refractivity contribution < 1.29 is 14.7 Å². The van der Waals surface area contributed by atoms with E-state index >= 15 is 0 Å². The molecule has 5 nitrogen and oxygen atoms in total. The predicted octanol–water partition coefficient (Wildman–Crippen LogP) is 1.62. The van der Waals surface area contributed by atoms with Crippen LogP contribution in [0.25, 0.3) is 0 Å². The molecule has 0 aromatic heterocycles. The number of aliphatic hydroxyl groups excluding tert-OH is 1. The van der Waals surface area contributed by atoms with Crippen molar-refractivity contribution in [2.75, 3.05) is 20.1 Å². The minimum absolute atomic E-state index is 0.00588. The van der Waals surface area contributed by atoms with Crippen LogP contribution < -0.4 is 5.32 Å². The van der Waals surface area contributed by atoms with Crippen molar-refractivity contribution >= 4 is 35.0 Å². The summed E-state index contributed by atoms with van der Waals surface area (Å²) in [5.74, 6) is -0.562. The fourth-order valence-electron chi connectivity index (χ4n) is 1.47. The number of carbonyl (C=O) groups excluding carboxylic acids is 2. The van der Waals surface area contributed by atoms with Crippen LogP contribution in [-0.2, 0) is 9.59 Å². The van der Waals surface area contributed by atoms with Gasteiger partial charge >= 0.3 is 0 Å². The lowest BCUT2D eigenvalue weighted by molar-refractivity contribution is -0.133. The first kappa shape index (κ1) is 16.8. The van der Waals surface area contributed by atoms with E-state index in [4.69, 9.17) is 23.2 Å². The summed E-state index contributed by atoms with van der Waals surface area (Å²) in [4.78, 5) is 23.8. The number of hydrogen-bond donors (Lipinski definition) is 2. The summed E-state index contributed by atoms with van der Waals surface area (Å²) >= 11 is 11.7. The second kappa shape index (κ2) is 7.47. The maximum atomic E-state index is 11.6. The average Bonchev–Trinajstić information content (AvgIpc) is 2.35. The number of rotatable bonds is 5. The van der Waals surface area contributed by atoms with Crippen LogP contribution in [0.15, 0.2) is 18.2 Å². The van der Waals surface area contributed by atoms with Crippen molar-refractivity contribution in [3.8, 4) is 0 Å². The zero-order chi connectivity index (χ0) is 15.3. The Kier molecular flexibility index (Phi) is 6.26. The molecule has 1 aromatic rings. The van der Waals surface area contributed by atoms with Gasteiger partial charge in [0.25, 0.3) is 0 Å². The van der Waals surface area contributed by atoms with Gasteiger partial charge in [-0.25, -0.2) is 0 Å². The normalized spacial score (nSPS) is 11.8. The topological polar surface area (TPSA) is 69.6 Å². The van der Waals surface area contributed by atoms with Gasteiger partial charge in [0.1, 0.15) is 0 Å². The molecule has 1 atom stereocenters. The number of amides is 2. The van der Waals surface area contributed by atoms with Gasteiger partial charge in [-0.1, -0.05) is 29.3 Å². The number of nitrogens with one attached hydrogen (secondary N) is 1. The van der Waals surface area contributed by atoms with Crippen LogP contribution in [0.2, 0.25) is 10.0 Å². The molecule has 110 valence electrons. The third-order valence-electron chi connectivity index (χ3n) is 2.73. The van der Waals surface area contributed by atoms with Crippen LogP contribution in [0, 0.1) is 0 Å². The van der Waals surface area contributed by atoms with Crippen LogP contribution in [0.3, 0.4) is 0 Å². The minimum Gasteiger partial charge on any atom is -0.387 e. The van der Waals surface area contributed by atoms with Crippen molar-refractivity contribution in [2.45, 2.75) is 13.0 Å². The molecule has 1 aromatic carbocycles. The van der Waals surface area contributed by atoms with E-state index in [1.165, 1.54) is 24.9 Å². The lowest BCUT2D eigenvalue weighted by Crippen LogP contribution is -2.38. The van der Waals surface area contributed by atoms with Crippen molar-refractivity contribution in [1.29, 1.82) is 0 Å².